The van der Waals surface area contributed by atoms with Crippen molar-refractivity contribution in [1.29, 1.82) is 0 Å². The van der Waals surface area contributed by atoms with Gasteiger partial charge in [0.05, 0.1) is 25.2 Å². The summed E-state index contributed by atoms with van der Waals surface area (Å²) in [7, 11) is 3.40. The minimum atomic E-state index is 0.625. The molecule has 26 heavy (non-hydrogen) atoms. The first kappa shape index (κ1) is 16.9. The summed E-state index contributed by atoms with van der Waals surface area (Å²) in [4.78, 5) is 0. The van der Waals surface area contributed by atoms with E-state index in [9.17, 15) is 0 Å². The first-order valence-electron chi connectivity index (χ1n) is 9.32. The topological polar surface area (TPSA) is 22.3 Å². The van der Waals surface area contributed by atoms with Crippen molar-refractivity contribution in [1.82, 2.24) is 0 Å². The van der Waals surface area contributed by atoms with Crippen LogP contribution >= 0.6 is 0 Å². The lowest BCUT2D eigenvalue weighted by atomic mass is 9.91. The second-order valence-corrected chi connectivity index (χ2v) is 7.44. The van der Waals surface area contributed by atoms with Gasteiger partial charge in [0.1, 0.15) is 0 Å². The Hall–Kier alpha value is -2.55. The van der Waals surface area contributed by atoms with E-state index in [2.05, 4.69) is 60.9 Å². The van der Waals surface area contributed by atoms with Gasteiger partial charge in [0.25, 0.3) is 0 Å². The molecule has 4 rings (SSSR count). The number of aryl methyl sites for hydroxylation is 1. The fraction of sp³-hybridized carbons (Fsp3) is 0.348. The van der Waals surface area contributed by atoms with E-state index in [0.29, 0.717) is 5.92 Å². The van der Waals surface area contributed by atoms with Crippen LogP contribution in [-0.2, 0) is 19.4 Å². The lowest BCUT2D eigenvalue weighted by molar-refractivity contribution is -0.694. The van der Waals surface area contributed by atoms with Gasteiger partial charge in [-0.2, -0.15) is 4.57 Å². The smallest absolute Gasteiger partial charge is 0.221 e. The van der Waals surface area contributed by atoms with E-state index in [1.165, 1.54) is 33.3 Å². The fourth-order valence-corrected chi connectivity index (χ4v) is 4.10. The Balaban J connectivity index is 2.04. The molecular formula is C23H26NO2+. The predicted molar refractivity (Wildman–Crippen MR) is 105 cm³/mol. The highest BCUT2D eigenvalue weighted by molar-refractivity contribution is 5.94. The highest BCUT2D eigenvalue weighted by Crippen LogP contribution is 2.39. The van der Waals surface area contributed by atoms with E-state index in [4.69, 9.17) is 9.47 Å². The summed E-state index contributed by atoms with van der Waals surface area (Å²) < 4.78 is 13.6. The van der Waals surface area contributed by atoms with Crippen LogP contribution in [0.2, 0.25) is 0 Å². The molecular weight excluding hydrogens is 322 g/mol. The van der Waals surface area contributed by atoms with Gasteiger partial charge in [-0.3, -0.25) is 0 Å². The molecule has 0 N–H and O–H groups in total. The van der Waals surface area contributed by atoms with E-state index < -0.39 is 0 Å². The molecule has 0 amide bonds. The maximum atomic E-state index is 5.59. The molecule has 1 aliphatic heterocycles. The standard InChI is InChI=1S/C23H26NO2/c1-15(2)11-18-12-16-7-5-6-8-19(16)23-20-14-22(26-4)21(25-3)13-17(20)9-10-24(18)23/h5-8,12-15H,9-11H2,1-4H3/q+1. The molecule has 0 radical (unpaired) electrons. The summed E-state index contributed by atoms with van der Waals surface area (Å²) in [5.41, 5.74) is 5.31. The largest absolute Gasteiger partial charge is 0.493 e. The number of benzene rings is 2. The first-order valence-corrected chi connectivity index (χ1v) is 9.32. The third-order valence-corrected chi connectivity index (χ3v) is 5.24. The summed E-state index contributed by atoms with van der Waals surface area (Å²) in [6, 6.07) is 15.3. The van der Waals surface area contributed by atoms with Crippen LogP contribution in [0.4, 0.5) is 0 Å². The van der Waals surface area contributed by atoms with Crippen LogP contribution in [0, 0.1) is 5.92 Å². The van der Waals surface area contributed by atoms with Gasteiger partial charge in [0, 0.05) is 18.9 Å². The lowest BCUT2D eigenvalue weighted by Crippen LogP contribution is -2.44. The number of rotatable bonds is 4. The quantitative estimate of drug-likeness (QED) is 0.645. The summed E-state index contributed by atoms with van der Waals surface area (Å²) >= 11 is 0. The maximum absolute atomic E-state index is 5.59. The van der Waals surface area contributed by atoms with Gasteiger partial charge in [0.15, 0.2) is 23.7 Å². The Morgan fingerprint density at radius 1 is 1.00 bits per heavy atom. The van der Waals surface area contributed by atoms with Crippen molar-refractivity contribution < 1.29 is 14.0 Å². The molecule has 134 valence electrons. The molecule has 0 unspecified atom stereocenters. The summed E-state index contributed by atoms with van der Waals surface area (Å²) in [5, 5.41) is 2.60. The SMILES string of the molecule is COc1cc2c(cc1OC)-c1c3ccccc3cc(CC(C)C)[n+]1CC2. The molecule has 1 aromatic heterocycles. The van der Waals surface area contributed by atoms with Gasteiger partial charge in [-0.05, 0) is 35.1 Å². The van der Waals surface area contributed by atoms with Crippen LogP contribution in [0.5, 0.6) is 11.5 Å². The van der Waals surface area contributed by atoms with Crippen molar-refractivity contribution >= 4 is 10.8 Å². The van der Waals surface area contributed by atoms with Gasteiger partial charge in [0.2, 0.25) is 5.69 Å². The number of aromatic nitrogens is 1. The lowest BCUT2D eigenvalue weighted by Gasteiger charge is -2.21. The normalized spacial score (nSPS) is 12.8. The molecule has 2 aromatic carbocycles. The van der Waals surface area contributed by atoms with E-state index >= 15 is 0 Å². The molecule has 0 fully saturated rings. The molecule has 3 nitrogen and oxygen atoms in total. The van der Waals surface area contributed by atoms with Gasteiger partial charge >= 0.3 is 0 Å². The first-order chi connectivity index (χ1) is 12.6. The molecule has 2 heterocycles. The predicted octanol–water partition coefficient (Wildman–Crippen LogP) is 4.57. The number of nitrogens with zero attached hydrogens (tertiary/aromatic N) is 1. The minimum absolute atomic E-state index is 0.625. The zero-order valence-electron chi connectivity index (χ0n) is 16.0. The van der Waals surface area contributed by atoms with Crippen molar-refractivity contribution in [3.63, 3.8) is 0 Å². The molecule has 0 saturated heterocycles. The number of methoxy groups -OCH3 is 2. The molecule has 0 spiro atoms. The Bertz CT molecular complexity index is 976. The zero-order chi connectivity index (χ0) is 18.3. The summed E-state index contributed by atoms with van der Waals surface area (Å²) in [6.07, 6.45) is 2.09. The van der Waals surface area contributed by atoms with E-state index in [0.717, 1.165) is 30.9 Å². The van der Waals surface area contributed by atoms with Gasteiger partial charge < -0.3 is 9.47 Å². The average Bonchev–Trinajstić information content (AvgIpc) is 2.65. The average molecular weight is 348 g/mol. The number of hydrogen-bond donors (Lipinski definition) is 0. The zero-order valence-corrected chi connectivity index (χ0v) is 16.0. The monoisotopic (exact) mass is 348 g/mol. The Morgan fingerprint density at radius 3 is 2.46 bits per heavy atom. The number of fused-ring (bicyclic) bond motifs is 5. The van der Waals surface area contributed by atoms with Gasteiger partial charge in [-0.25, -0.2) is 0 Å². The molecule has 0 saturated carbocycles. The number of hydrogen-bond acceptors (Lipinski definition) is 2. The van der Waals surface area contributed by atoms with E-state index in [-0.39, 0.29) is 0 Å². The van der Waals surface area contributed by atoms with Crippen molar-refractivity contribution in [2.75, 3.05) is 14.2 Å². The molecule has 3 aromatic rings. The van der Waals surface area contributed by atoms with Crippen molar-refractivity contribution in [2.45, 2.75) is 33.2 Å². The van der Waals surface area contributed by atoms with Crippen molar-refractivity contribution in [2.24, 2.45) is 5.92 Å². The van der Waals surface area contributed by atoms with E-state index in [1.54, 1.807) is 14.2 Å². The van der Waals surface area contributed by atoms with Crippen LogP contribution in [0.3, 0.4) is 0 Å². The molecule has 3 heteroatoms. The Morgan fingerprint density at radius 2 is 1.73 bits per heavy atom. The maximum Gasteiger partial charge on any atom is 0.221 e. The van der Waals surface area contributed by atoms with Gasteiger partial charge in [-0.1, -0.05) is 32.0 Å². The van der Waals surface area contributed by atoms with Crippen LogP contribution in [-0.4, -0.2) is 14.2 Å². The van der Waals surface area contributed by atoms with Crippen LogP contribution in [0.1, 0.15) is 25.1 Å². The highest BCUT2D eigenvalue weighted by Gasteiger charge is 2.30. The fourth-order valence-electron chi connectivity index (χ4n) is 4.10. The Labute approximate surface area is 155 Å². The third kappa shape index (κ3) is 2.72. The molecule has 1 aliphatic rings. The summed E-state index contributed by atoms with van der Waals surface area (Å²) in [6.45, 7) is 5.57. The van der Waals surface area contributed by atoms with Crippen LogP contribution in [0.15, 0.2) is 42.5 Å². The summed E-state index contributed by atoms with van der Waals surface area (Å²) in [5.74, 6) is 2.22. The number of ether oxygens (including phenoxy) is 2. The van der Waals surface area contributed by atoms with Crippen molar-refractivity contribution in [3.8, 4) is 22.8 Å². The molecule has 0 aliphatic carbocycles. The molecule has 0 atom stereocenters. The third-order valence-electron chi connectivity index (χ3n) is 5.24. The van der Waals surface area contributed by atoms with Crippen LogP contribution < -0.4 is 14.0 Å². The van der Waals surface area contributed by atoms with Crippen LogP contribution in [0.25, 0.3) is 22.0 Å². The highest BCUT2D eigenvalue weighted by atomic mass is 16.5. The second kappa shape index (κ2) is 6.64. The number of pyridine rings is 1. The van der Waals surface area contributed by atoms with Gasteiger partial charge in [-0.15, -0.1) is 0 Å². The molecule has 0 bridgehead atoms. The van der Waals surface area contributed by atoms with E-state index in [1.807, 2.05) is 0 Å². The minimum Gasteiger partial charge on any atom is -0.493 e. The Kier molecular flexibility index (Phi) is 4.31. The second-order valence-electron chi connectivity index (χ2n) is 7.44. The van der Waals surface area contributed by atoms with Crippen molar-refractivity contribution in [3.05, 3.63) is 53.7 Å².